The Hall–Kier alpha value is -2.52. The Labute approximate surface area is 126 Å². The highest BCUT2D eigenvalue weighted by molar-refractivity contribution is 5.07. The molecule has 0 amide bonds. The van der Waals surface area contributed by atoms with Crippen molar-refractivity contribution >= 4 is 0 Å². The van der Waals surface area contributed by atoms with Gasteiger partial charge in [-0.1, -0.05) is 0 Å². The van der Waals surface area contributed by atoms with Gasteiger partial charge in [0.25, 0.3) is 10.2 Å². The van der Waals surface area contributed by atoms with Crippen LogP contribution < -0.4 is 0 Å². The first-order valence-corrected chi connectivity index (χ1v) is 6.17. The molecule has 4 aliphatic rings. The summed E-state index contributed by atoms with van der Waals surface area (Å²) >= 11 is 0. The summed E-state index contributed by atoms with van der Waals surface area (Å²) in [5, 5.41) is 58.2. The van der Waals surface area contributed by atoms with E-state index in [-0.39, 0.29) is 12.2 Å². The van der Waals surface area contributed by atoms with Crippen molar-refractivity contribution in [2.75, 3.05) is 0 Å². The van der Waals surface area contributed by atoms with E-state index in [4.69, 9.17) is 35.4 Å². The average Bonchev–Trinajstić information content (AvgIpc) is 2.35. The van der Waals surface area contributed by atoms with Gasteiger partial charge in [0.1, 0.15) is 24.3 Å². The third kappa shape index (κ3) is 4.24. The van der Waals surface area contributed by atoms with Crippen LogP contribution in [0, 0.1) is 30.3 Å². The van der Waals surface area contributed by atoms with Crippen molar-refractivity contribution < 1.29 is 40.6 Å². The van der Waals surface area contributed by atoms with Crippen LogP contribution in [0.3, 0.4) is 0 Å². The Morgan fingerprint density at radius 2 is 1.17 bits per heavy atom. The van der Waals surface area contributed by atoms with E-state index in [9.17, 15) is 20.3 Å². The van der Waals surface area contributed by atoms with Crippen molar-refractivity contribution in [2.45, 2.75) is 49.3 Å². The van der Waals surface area contributed by atoms with Gasteiger partial charge in [-0.15, -0.1) is 25.2 Å². The fraction of sp³-hybridized carbons (Fsp3) is 1.00. The van der Waals surface area contributed by atoms with Crippen molar-refractivity contribution in [3.05, 3.63) is 30.3 Å². The summed E-state index contributed by atoms with van der Waals surface area (Å²) in [5.74, 6) is 0. The van der Waals surface area contributed by atoms with E-state index in [2.05, 4.69) is 0 Å². The zero-order valence-corrected chi connectivity index (χ0v) is 11.3. The highest BCUT2D eigenvalue weighted by atomic mass is 16.9. The Bertz CT molecular complexity index is 433. The van der Waals surface area contributed by atoms with Crippen molar-refractivity contribution in [1.29, 1.82) is 0 Å². The average molecular weight is 342 g/mol. The van der Waals surface area contributed by atoms with E-state index < -0.39 is 39.5 Å². The molecule has 4 heterocycles. The molecule has 15 heteroatoms. The molecule has 6 atom stereocenters. The third-order valence-electron chi connectivity index (χ3n) is 3.72. The first-order valence-electron chi connectivity index (χ1n) is 6.17. The Morgan fingerprint density at radius 1 is 0.870 bits per heavy atom. The zero-order valence-electron chi connectivity index (χ0n) is 11.3. The molecule has 0 saturated carbocycles. The third-order valence-corrected chi connectivity index (χ3v) is 3.72. The van der Waals surface area contributed by atoms with Gasteiger partial charge in [-0.25, -0.2) is 10.1 Å². The van der Waals surface area contributed by atoms with Gasteiger partial charge in [0.05, 0.1) is 12.2 Å². The second-order valence-electron chi connectivity index (χ2n) is 4.89. The summed E-state index contributed by atoms with van der Waals surface area (Å²) in [5.41, 5.74) is 0. The first-order chi connectivity index (χ1) is 10.6. The minimum Gasteiger partial charge on any atom is -0.388 e. The SMILES string of the molecule is O=[N+]([O-])N1C2CC3OC(CC1C3O)C2O.O=[N+]([O-])O.O=[N+]([O-])O. The molecule has 0 spiro atoms. The molecule has 4 N–H and O–H groups in total. The van der Waals surface area contributed by atoms with E-state index in [1.54, 1.807) is 0 Å². The molecule has 23 heavy (non-hydrogen) atoms. The maximum Gasteiger partial charge on any atom is 0.291 e. The van der Waals surface area contributed by atoms with Crippen molar-refractivity contribution in [3.63, 3.8) is 0 Å². The Morgan fingerprint density at radius 3 is 1.43 bits per heavy atom. The van der Waals surface area contributed by atoms with Gasteiger partial charge in [0.15, 0.2) is 5.03 Å². The summed E-state index contributed by atoms with van der Waals surface area (Å²) in [4.78, 5) is 27.6. The smallest absolute Gasteiger partial charge is 0.291 e. The largest absolute Gasteiger partial charge is 0.388 e. The summed E-state index contributed by atoms with van der Waals surface area (Å²) in [7, 11) is 0. The molecule has 0 aromatic rings. The van der Waals surface area contributed by atoms with Gasteiger partial charge in [0.2, 0.25) is 0 Å². The van der Waals surface area contributed by atoms with Crippen LogP contribution >= 0.6 is 0 Å². The van der Waals surface area contributed by atoms with Gasteiger partial charge in [-0.3, -0.25) is 0 Å². The summed E-state index contributed by atoms with van der Waals surface area (Å²) in [6.07, 6.45) is -1.66. The fourth-order valence-electron chi connectivity index (χ4n) is 3.04. The number of ether oxygens (including phenoxy) is 1. The maximum absolute atomic E-state index is 10.8. The standard InChI is InChI=1S/C8H12N2O5.2HNO3/c11-7-3-1-5-8(12)4(2-6(7)15-5)9(3)10(13)14;2*2-1(3)4/h3-8,11-12H,1-2H2;2*(H,2,3,4). The number of aliphatic hydroxyl groups excluding tert-OH is 2. The topological polar surface area (TPSA) is 223 Å². The lowest BCUT2D eigenvalue weighted by molar-refractivity contribution is -0.742. The van der Waals surface area contributed by atoms with E-state index >= 15 is 0 Å². The predicted octanol–water partition coefficient (Wildman–Crippen LogP) is -2.18. The molecule has 0 radical (unpaired) electrons. The summed E-state index contributed by atoms with van der Waals surface area (Å²) in [6, 6.07) is -1.02. The number of hydrazine groups is 1. The number of rotatable bonds is 1. The second kappa shape index (κ2) is 7.16. The number of hydrogen-bond acceptors (Lipinski definition) is 9. The van der Waals surface area contributed by atoms with Gasteiger partial charge >= 0.3 is 0 Å². The van der Waals surface area contributed by atoms with E-state index in [1.807, 2.05) is 0 Å². The molecule has 0 aromatic carbocycles. The molecule has 4 saturated heterocycles. The molecule has 0 aromatic heterocycles. The maximum atomic E-state index is 10.8. The minimum absolute atomic E-state index is 0.330. The van der Waals surface area contributed by atoms with Crippen LogP contribution in [0.5, 0.6) is 0 Å². The van der Waals surface area contributed by atoms with Crippen LogP contribution in [-0.2, 0) is 4.74 Å². The zero-order chi connectivity index (χ0) is 17.9. The molecule has 4 rings (SSSR count). The lowest BCUT2D eigenvalue weighted by Gasteiger charge is -2.55. The summed E-state index contributed by atoms with van der Waals surface area (Å²) < 4.78 is 5.43. The van der Waals surface area contributed by atoms with E-state index in [1.165, 1.54) is 0 Å². The van der Waals surface area contributed by atoms with Crippen LogP contribution in [0.4, 0.5) is 0 Å². The lowest BCUT2D eigenvalue weighted by Crippen LogP contribution is -2.75. The van der Waals surface area contributed by atoms with Gasteiger partial charge in [0, 0.05) is 12.8 Å². The fourth-order valence-corrected chi connectivity index (χ4v) is 3.04. The molecule has 6 unspecified atom stereocenters. The van der Waals surface area contributed by atoms with Crippen LogP contribution in [0.15, 0.2) is 0 Å². The van der Waals surface area contributed by atoms with Crippen LogP contribution in [0.1, 0.15) is 12.8 Å². The first kappa shape index (κ1) is 18.5. The Kier molecular flexibility index (Phi) is 5.77. The number of piperidine rings is 2. The van der Waals surface area contributed by atoms with Crippen LogP contribution in [-0.4, -0.2) is 77.3 Å². The normalized spacial score (nSPS) is 36.2. The molecular weight excluding hydrogens is 328 g/mol. The van der Waals surface area contributed by atoms with Gasteiger partial charge in [-0.05, 0) is 0 Å². The Balaban J connectivity index is 0.000000281. The van der Waals surface area contributed by atoms with Crippen molar-refractivity contribution in [2.24, 2.45) is 0 Å². The van der Waals surface area contributed by atoms with Crippen LogP contribution in [0.2, 0.25) is 0 Å². The molecule has 4 bridgehead atoms. The van der Waals surface area contributed by atoms with Gasteiger partial charge in [-0.2, -0.15) is 0 Å². The van der Waals surface area contributed by atoms with Crippen LogP contribution in [0.25, 0.3) is 0 Å². The number of hydrogen-bond donors (Lipinski definition) is 4. The molecule has 132 valence electrons. The second-order valence-corrected chi connectivity index (χ2v) is 4.89. The molecule has 4 aliphatic heterocycles. The number of nitro groups is 1. The highest BCUT2D eigenvalue weighted by Gasteiger charge is 2.61. The predicted molar refractivity (Wildman–Crippen MR) is 63.9 cm³/mol. The number of aliphatic hydroxyl groups is 2. The molecule has 15 nitrogen and oxygen atoms in total. The molecule has 0 aliphatic carbocycles. The minimum atomic E-state index is -1.50. The van der Waals surface area contributed by atoms with Crippen molar-refractivity contribution in [1.82, 2.24) is 5.01 Å². The van der Waals surface area contributed by atoms with Gasteiger partial charge < -0.3 is 25.4 Å². The lowest BCUT2D eigenvalue weighted by atomic mass is 9.76. The quantitative estimate of drug-likeness (QED) is 0.295. The van der Waals surface area contributed by atoms with E-state index in [0.717, 1.165) is 5.01 Å². The molecular formula is C8H14N4O11. The number of nitrogens with zero attached hydrogens (tertiary/aromatic N) is 4. The van der Waals surface area contributed by atoms with Crippen molar-refractivity contribution in [3.8, 4) is 0 Å². The highest BCUT2D eigenvalue weighted by Crippen LogP contribution is 2.42. The van der Waals surface area contributed by atoms with E-state index in [0.29, 0.717) is 12.8 Å². The molecule has 4 fully saturated rings. The monoisotopic (exact) mass is 342 g/mol. The summed E-state index contributed by atoms with van der Waals surface area (Å²) in [6.45, 7) is 0.